The van der Waals surface area contributed by atoms with Crippen LogP contribution in [-0.4, -0.2) is 30.4 Å². The van der Waals surface area contributed by atoms with Gasteiger partial charge in [0.05, 0.1) is 12.7 Å². The minimum Gasteiger partial charge on any atom is -0.443 e. The van der Waals surface area contributed by atoms with Gasteiger partial charge in [0.15, 0.2) is 5.96 Å². The van der Waals surface area contributed by atoms with E-state index in [1.807, 2.05) is 0 Å². The number of benzene rings is 1. The van der Waals surface area contributed by atoms with Crippen molar-refractivity contribution in [3.05, 3.63) is 47.1 Å². The van der Waals surface area contributed by atoms with Gasteiger partial charge in [-0.3, -0.25) is 9.79 Å². The van der Waals surface area contributed by atoms with Crippen molar-refractivity contribution in [3.8, 4) is 0 Å². The van der Waals surface area contributed by atoms with Gasteiger partial charge in [-0.2, -0.15) is 0 Å². The highest BCUT2D eigenvalue weighted by atomic mass is 127. The lowest BCUT2D eigenvalue weighted by molar-refractivity contribution is -0.116. The zero-order valence-corrected chi connectivity index (χ0v) is 20.3. The van der Waals surface area contributed by atoms with E-state index in [0.29, 0.717) is 42.8 Å². The van der Waals surface area contributed by atoms with E-state index < -0.39 is 0 Å². The lowest BCUT2D eigenvalue weighted by Crippen LogP contribution is -2.37. The molecule has 3 N–H and O–H groups in total. The number of anilines is 1. The van der Waals surface area contributed by atoms with Crippen LogP contribution in [0.5, 0.6) is 0 Å². The summed E-state index contributed by atoms with van der Waals surface area (Å²) in [6.07, 6.45) is 2.83. The Morgan fingerprint density at radius 2 is 1.90 bits per heavy atom. The normalized spacial score (nSPS) is 11.6. The second-order valence-electron chi connectivity index (χ2n) is 7.38. The molecule has 0 radical (unpaired) electrons. The van der Waals surface area contributed by atoms with Crippen LogP contribution in [0.1, 0.15) is 45.3 Å². The quantitative estimate of drug-likeness (QED) is 0.213. The van der Waals surface area contributed by atoms with E-state index in [0.717, 1.165) is 11.4 Å². The van der Waals surface area contributed by atoms with Gasteiger partial charge in [0.25, 0.3) is 0 Å². The summed E-state index contributed by atoms with van der Waals surface area (Å²) in [5, 5.41) is 9.81. The van der Waals surface area contributed by atoms with Gasteiger partial charge in [0, 0.05) is 36.1 Å². The molecule has 0 aliphatic rings. The first-order valence-corrected chi connectivity index (χ1v) is 9.61. The van der Waals surface area contributed by atoms with Gasteiger partial charge in [-0.05, 0) is 30.7 Å². The van der Waals surface area contributed by atoms with Gasteiger partial charge in [0.1, 0.15) is 5.76 Å². The number of oxazole rings is 1. The maximum atomic E-state index is 12.0. The van der Waals surface area contributed by atoms with Gasteiger partial charge >= 0.3 is 0 Å². The molecule has 0 aliphatic heterocycles. The SMILES string of the molecule is CN=C(NCCCC(=O)Nc1ccc(Cl)cc1)NCc1ncc(C(C)(C)C)o1.I. The largest absolute Gasteiger partial charge is 0.443 e. The zero-order chi connectivity index (χ0) is 20.6. The van der Waals surface area contributed by atoms with Gasteiger partial charge in [0.2, 0.25) is 11.8 Å². The predicted octanol–water partition coefficient (Wildman–Crippen LogP) is 4.33. The van der Waals surface area contributed by atoms with Crippen LogP contribution in [0.25, 0.3) is 0 Å². The van der Waals surface area contributed by atoms with Crippen molar-refractivity contribution >= 4 is 53.1 Å². The van der Waals surface area contributed by atoms with Crippen molar-refractivity contribution in [2.24, 2.45) is 4.99 Å². The predicted molar refractivity (Wildman–Crippen MR) is 128 cm³/mol. The Bertz CT molecular complexity index is 800. The fourth-order valence-corrected chi connectivity index (χ4v) is 2.46. The molecule has 0 fully saturated rings. The fourth-order valence-electron chi connectivity index (χ4n) is 2.33. The van der Waals surface area contributed by atoms with E-state index in [1.165, 1.54) is 0 Å². The van der Waals surface area contributed by atoms with E-state index in [4.69, 9.17) is 16.0 Å². The van der Waals surface area contributed by atoms with Crippen molar-refractivity contribution in [3.63, 3.8) is 0 Å². The summed E-state index contributed by atoms with van der Waals surface area (Å²) >= 11 is 5.83. The van der Waals surface area contributed by atoms with Crippen LogP contribution in [0.4, 0.5) is 5.69 Å². The molecule has 1 amide bonds. The Balaban J connectivity index is 0.00000420. The number of hydrogen-bond acceptors (Lipinski definition) is 4. The lowest BCUT2D eigenvalue weighted by Gasteiger charge is -2.13. The third-order valence-electron chi connectivity index (χ3n) is 3.92. The zero-order valence-electron chi connectivity index (χ0n) is 17.2. The number of carbonyl (C=O) groups is 1. The van der Waals surface area contributed by atoms with Crippen LogP contribution < -0.4 is 16.0 Å². The molecule has 29 heavy (non-hydrogen) atoms. The molecule has 0 atom stereocenters. The minimum atomic E-state index is -0.0717. The number of nitrogens with one attached hydrogen (secondary N) is 3. The Morgan fingerprint density at radius 1 is 1.21 bits per heavy atom. The van der Waals surface area contributed by atoms with E-state index >= 15 is 0 Å². The third kappa shape index (κ3) is 9.03. The van der Waals surface area contributed by atoms with Crippen LogP contribution in [0.3, 0.4) is 0 Å². The summed E-state index contributed by atoms with van der Waals surface area (Å²) in [5.41, 5.74) is 0.665. The molecule has 160 valence electrons. The maximum absolute atomic E-state index is 12.0. The van der Waals surface area contributed by atoms with E-state index in [9.17, 15) is 4.79 Å². The molecule has 1 aromatic carbocycles. The highest BCUT2D eigenvalue weighted by Gasteiger charge is 2.19. The maximum Gasteiger partial charge on any atom is 0.224 e. The monoisotopic (exact) mass is 533 g/mol. The number of halogens is 2. The fraction of sp³-hybridized carbons (Fsp3) is 0.450. The van der Waals surface area contributed by atoms with Crippen LogP contribution >= 0.6 is 35.6 Å². The highest BCUT2D eigenvalue weighted by Crippen LogP contribution is 2.22. The Kier molecular flexibility index (Phi) is 10.5. The van der Waals surface area contributed by atoms with E-state index in [1.54, 1.807) is 37.5 Å². The molecule has 1 heterocycles. The molecule has 9 heteroatoms. The van der Waals surface area contributed by atoms with E-state index in [-0.39, 0.29) is 35.3 Å². The van der Waals surface area contributed by atoms with E-state index in [2.05, 4.69) is 46.7 Å². The van der Waals surface area contributed by atoms with Crippen LogP contribution in [0, 0.1) is 0 Å². The molecular formula is C20H29ClIN5O2. The molecule has 2 rings (SSSR count). The Hall–Kier alpha value is -1.81. The van der Waals surface area contributed by atoms with Crippen molar-refractivity contribution in [1.29, 1.82) is 0 Å². The number of hydrogen-bond donors (Lipinski definition) is 3. The first-order chi connectivity index (χ1) is 13.3. The number of aliphatic imine (C=N–C) groups is 1. The second-order valence-corrected chi connectivity index (χ2v) is 7.82. The number of rotatable bonds is 7. The summed E-state index contributed by atoms with van der Waals surface area (Å²) in [6, 6.07) is 7.04. The van der Waals surface area contributed by atoms with Crippen molar-refractivity contribution in [2.45, 2.75) is 45.6 Å². The van der Waals surface area contributed by atoms with Crippen LogP contribution in [0.2, 0.25) is 5.02 Å². The summed E-state index contributed by atoms with van der Waals surface area (Å²) in [4.78, 5) is 20.4. The second kappa shape index (κ2) is 12.0. The number of aromatic nitrogens is 1. The molecule has 0 spiro atoms. The molecule has 0 unspecified atom stereocenters. The topological polar surface area (TPSA) is 91.5 Å². The molecular weight excluding hydrogens is 505 g/mol. The lowest BCUT2D eigenvalue weighted by atomic mass is 9.94. The highest BCUT2D eigenvalue weighted by molar-refractivity contribution is 14.0. The van der Waals surface area contributed by atoms with Gasteiger partial charge in [-0.15, -0.1) is 24.0 Å². The molecule has 0 aliphatic carbocycles. The first kappa shape index (κ1) is 25.2. The molecule has 1 aromatic heterocycles. The average Bonchev–Trinajstić information content (AvgIpc) is 3.12. The third-order valence-corrected chi connectivity index (χ3v) is 4.18. The molecule has 0 saturated carbocycles. The molecule has 0 bridgehead atoms. The van der Waals surface area contributed by atoms with Crippen molar-refractivity contribution < 1.29 is 9.21 Å². The number of carbonyl (C=O) groups excluding carboxylic acids is 1. The van der Waals surface area contributed by atoms with Gasteiger partial charge < -0.3 is 20.4 Å². The summed E-state index contributed by atoms with van der Waals surface area (Å²) in [5.74, 6) is 2.05. The molecule has 2 aromatic rings. The number of nitrogens with zero attached hydrogens (tertiary/aromatic N) is 2. The van der Waals surface area contributed by atoms with Gasteiger partial charge in [-0.1, -0.05) is 32.4 Å². The number of amides is 1. The Morgan fingerprint density at radius 3 is 2.48 bits per heavy atom. The summed E-state index contributed by atoms with van der Waals surface area (Å²) < 4.78 is 5.75. The van der Waals surface area contributed by atoms with Crippen molar-refractivity contribution in [2.75, 3.05) is 18.9 Å². The van der Waals surface area contributed by atoms with Crippen LogP contribution in [-0.2, 0) is 16.8 Å². The van der Waals surface area contributed by atoms with Crippen molar-refractivity contribution in [1.82, 2.24) is 15.6 Å². The molecule has 0 saturated heterocycles. The smallest absolute Gasteiger partial charge is 0.224 e. The summed E-state index contributed by atoms with van der Waals surface area (Å²) in [7, 11) is 1.69. The standard InChI is InChI=1S/C20H28ClN5O2.HI/c1-20(2,3)16-12-24-18(28-16)13-25-19(22-4)23-11-5-6-17(27)26-15-9-7-14(21)8-10-15;/h7-10,12H,5-6,11,13H2,1-4H3,(H,26,27)(H2,22,23,25);1H. The Labute approximate surface area is 194 Å². The summed E-state index contributed by atoms with van der Waals surface area (Å²) in [6.45, 7) is 7.29. The van der Waals surface area contributed by atoms with Crippen LogP contribution in [0.15, 0.2) is 39.9 Å². The first-order valence-electron chi connectivity index (χ1n) is 9.23. The average molecular weight is 534 g/mol. The minimum absolute atomic E-state index is 0. The van der Waals surface area contributed by atoms with Gasteiger partial charge in [-0.25, -0.2) is 4.98 Å². The number of guanidine groups is 1. The molecule has 7 nitrogen and oxygen atoms in total.